The van der Waals surface area contributed by atoms with Crippen LogP contribution in [0.25, 0.3) is 0 Å². The minimum Gasteiger partial charge on any atom is -0.493 e. The molecule has 0 radical (unpaired) electrons. The number of nitrogens with zero attached hydrogens (tertiary/aromatic N) is 3. The average Bonchev–Trinajstić information content (AvgIpc) is 3.01. The summed E-state index contributed by atoms with van der Waals surface area (Å²) in [5.74, 6) is 2.12. The van der Waals surface area contributed by atoms with E-state index in [-0.39, 0.29) is 5.91 Å². The van der Waals surface area contributed by atoms with Gasteiger partial charge in [-0.2, -0.15) is 5.10 Å². The Morgan fingerprint density at radius 2 is 1.91 bits per heavy atom. The van der Waals surface area contributed by atoms with Gasteiger partial charge in [0, 0.05) is 24.7 Å². The minimum atomic E-state index is -0.0592. The molecule has 1 N–H and O–H groups in total. The first-order valence-corrected chi connectivity index (χ1v) is 10.9. The molecular weight excluding hydrogens is 404 g/mol. The van der Waals surface area contributed by atoms with E-state index in [0.717, 1.165) is 29.1 Å². The highest BCUT2D eigenvalue weighted by atomic mass is 16.5. The monoisotopic (exact) mass is 436 g/mol. The molecule has 0 saturated heterocycles. The van der Waals surface area contributed by atoms with Crippen LogP contribution in [0, 0.1) is 26.7 Å². The molecule has 2 heterocycles. The first kappa shape index (κ1) is 23.3. The SMILES string of the molecule is COc1cc(C)ccc1Oc1ccc(NC(=O)CCc2c(C)nn(CC(C)C)c2C)cn1. The van der Waals surface area contributed by atoms with Crippen LogP contribution in [0.15, 0.2) is 36.5 Å². The molecule has 32 heavy (non-hydrogen) atoms. The number of nitrogens with one attached hydrogen (secondary N) is 1. The first-order valence-electron chi connectivity index (χ1n) is 10.9. The molecule has 0 aliphatic heterocycles. The van der Waals surface area contributed by atoms with E-state index in [1.165, 1.54) is 0 Å². The van der Waals surface area contributed by atoms with Crippen molar-refractivity contribution in [2.75, 3.05) is 12.4 Å². The summed E-state index contributed by atoms with van der Waals surface area (Å²) in [5.41, 5.74) is 4.99. The Bertz CT molecular complexity index is 1070. The summed E-state index contributed by atoms with van der Waals surface area (Å²) in [6.45, 7) is 11.3. The third-order valence-electron chi connectivity index (χ3n) is 5.23. The van der Waals surface area contributed by atoms with Gasteiger partial charge in [0.05, 0.1) is 24.7 Å². The molecule has 1 amide bonds. The van der Waals surface area contributed by atoms with Crippen molar-refractivity contribution in [3.63, 3.8) is 0 Å². The van der Waals surface area contributed by atoms with Crippen LogP contribution in [0.5, 0.6) is 17.4 Å². The lowest BCUT2D eigenvalue weighted by molar-refractivity contribution is -0.116. The molecule has 0 fully saturated rings. The number of ether oxygens (including phenoxy) is 2. The standard InChI is InChI=1S/C25H32N4O3/c1-16(2)15-29-19(5)21(18(4)28-29)9-11-24(30)27-20-8-12-25(26-14-20)32-22-10-7-17(3)13-23(22)31-6/h7-8,10,12-14,16H,9,11,15H2,1-6H3,(H,27,30). The average molecular weight is 437 g/mol. The van der Waals surface area contributed by atoms with E-state index < -0.39 is 0 Å². The Labute approximate surface area is 189 Å². The summed E-state index contributed by atoms with van der Waals surface area (Å²) >= 11 is 0. The largest absolute Gasteiger partial charge is 0.493 e. The molecule has 3 aromatic rings. The number of hydrogen-bond acceptors (Lipinski definition) is 5. The van der Waals surface area contributed by atoms with Crippen molar-refractivity contribution in [2.24, 2.45) is 5.92 Å². The molecule has 7 heteroatoms. The number of benzene rings is 1. The summed E-state index contributed by atoms with van der Waals surface area (Å²) in [4.78, 5) is 16.8. The lowest BCUT2D eigenvalue weighted by Crippen LogP contribution is -2.13. The molecule has 3 rings (SSSR count). The van der Waals surface area contributed by atoms with Gasteiger partial charge in [-0.1, -0.05) is 19.9 Å². The Kier molecular flexibility index (Phi) is 7.51. The van der Waals surface area contributed by atoms with E-state index in [0.29, 0.717) is 41.8 Å². The quantitative estimate of drug-likeness (QED) is 0.497. The maximum atomic E-state index is 12.5. The second-order valence-corrected chi connectivity index (χ2v) is 8.41. The number of rotatable bonds is 9. The Morgan fingerprint density at radius 1 is 1.12 bits per heavy atom. The summed E-state index contributed by atoms with van der Waals surface area (Å²) < 4.78 is 13.2. The normalized spacial score (nSPS) is 11.0. The van der Waals surface area contributed by atoms with Crippen LogP contribution in [0.3, 0.4) is 0 Å². The number of pyridine rings is 1. The topological polar surface area (TPSA) is 78.3 Å². The minimum absolute atomic E-state index is 0.0592. The van der Waals surface area contributed by atoms with Crippen LogP contribution >= 0.6 is 0 Å². The van der Waals surface area contributed by atoms with Gasteiger partial charge in [-0.05, 0) is 62.4 Å². The van der Waals surface area contributed by atoms with Gasteiger partial charge in [-0.3, -0.25) is 9.48 Å². The van der Waals surface area contributed by atoms with Gasteiger partial charge in [0.1, 0.15) is 0 Å². The van der Waals surface area contributed by atoms with Gasteiger partial charge >= 0.3 is 0 Å². The van der Waals surface area contributed by atoms with E-state index in [1.807, 2.05) is 36.7 Å². The summed E-state index contributed by atoms with van der Waals surface area (Å²) in [6, 6.07) is 9.19. The van der Waals surface area contributed by atoms with Crippen molar-refractivity contribution in [3.8, 4) is 17.4 Å². The Morgan fingerprint density at radius 3 is 2.56 bits per heavy atom. The number of carbonyl (C=O) groups excluding carboxylic acids is 1. The van der Waals surface area contributed by atoms with Crippen molar-refractivity contribution in [2.45, 2.75) is 54.0 Å². The zero-order valence-electron chi connectivity index (χ0n) is 19.7. The van der Waals surface area contributed by atoms with Gasteiger partial charge < -0.3 is 14.8 Å². The van der Waals surface area contributed by atoms with E-state index in [9.17, 15) is 4.79 Å². The van der Waals surface area contributed by atoms with Crippen molar-refractivity contribution in [1.29, 1.82) is 0 Å². The van der Waals surface area contributed by atoms with Gasteiger partial charge in [0.25, 0.3) is 0 Å². The zero-order valence-corrected chi connectivity index (χ0v) is 19.7. The van der Waals surface area contributed by atoms with Crippen LogP contribution in [0.2, 0.25) is 0 Å². The molecule has 0 spiro atoms. The van der Waals surface area contributed by atoms with Crippen LogP contribution in [-0.4, -0.2) is 27.8 Å². The molecule has 0 aliphatic carbocycles. The predicted molar refractivity (Wildman–Crippen MR) is 126 cm³/mol. The molecule has 0 unspecified atom stereocenters. The lowest BCUT2D eigenvalue weighted by atomic mass is 10.1. The third kappa shape index (κ3) is 5.87. The fraction of sp³-hybridized carbons (Fsp3) is 0.400. The van der Waals surface area contributed by atoms with Crippen molar-refractivity contribution < 1.29 is 14.3 Å². The lowest BCUT2D eigenvalue weighted by Gasteiger charge is -2.11. The van der Waals surface area contributed by atoms with Crippen molar-refractivity contribution >= 4 is 11.6 Å². The fourth-order valence-corrected chi connectivity index (χ4v) is 3.57. The third-order valence-corrected chi connectivity index (χ3v) is 5.23. The number of amides is 1. The maximum Gasteiger partial charge on any atom is 0.224 e. The number of anilines is 1. The Hall–Kier alpha value is -3.35. The number of hydrogen-bond donors (Lipinski definition) is 1. The van der Waals surface area contributed by atoms with Crippen LogP contribution < -0.4 is 14.8 Å². The second kappa shape index (κ2) is 10.3. The molecule has 0 saturated carbocycles. The highest BCUT2D eigenvalue weighted by molar-refractivity contribution is 5.90. The summed E-state index contributed by atoms with van der Waals surface area (Å²) in [5, 5.41) is 7.53. The van der Waals surface area contributed by atoms with E-state index in [2.05, 4.69) is 36.2 Å². The molecular formula is C25H32N4O3. The smallest absolute Gasteiger partial charge is 0.224 e. The first-order chi connectivity index (χ1) is 15.3. The summed E-state index contributed by atoms with van der Waals surface area (Å²) in [6.07, 6.45) is 2.63. The molecule has 0 bridgehead atoms. The molecule has 0 aliphatic rings. The molecule has 0 atom stereocenters. The molecule has 2 aromatic heterocycles. The zero-order chi connectivity index (χ0) is 23.3. The van der Waals surface area contributed by atoms with Gasteiger partial charge in [-0.25, -0.2) is 4.98 Å². The highest BCUT2D eigenvalue weighted by Gasteiger charge is 2.14. The predicted octanol–water partition coefficient (Wildman–Crippen LogP) is 5.23. The van der Waals surface area contributed by atoms with E-state index in [1.54, 1.807) is 25.4 Å². The highest BCUT2D eigenvalue weighted by Crippen LogP contribution is 2.31. The van der Waals surface area contributed by atoms with Gasteiger partial charge in [0.2, 0.25) is 11.8 Å². The summed E-state index contributed by atoms with van der Waals surface area (Å²) in [7, 11) is 1.60. The van der Waals surface area contributed by atoms with Gasteiger partial charge in [-0.15, -0.1) is 0 Å². The molecule has 170 valence electrons. The Balaban J connectivity index is 1.57. The fourth-order valence-electron chi connectivity index (χ4n) is 3.57. The van der Waals surface area contributed by atoms with Crippen LogP contribution in [-0.2, 0) is 17.8 Å². The van der Waals surface area contributed by atoms with Crippen LogP contribution in [0.1, 0.15) is 42.8 Å². The number of methoxy groups -OCH3 is 1. The van der Waals surface area contributed by atoms with Crippen molar-refractivity contribution in [3.05, 3.63) is 59.0 Å². The van der Waals surface area contributed by atoms with E-state index in [4.69, 9.17) is 9.47 Å². The number of carbonyl (C=O) groups is 1. The van der Waals surface area contributed by atoms with E-state index >= 15 is 0 Å². The van der Waals surface area contributed by atoms with Gasteiger partial charge in [0.15, 0.2) is 11.5 Å². The number of aromatic nitrogens is 3. The van der Waals surface area contributed by atoms with Crippen molar-refractivity contribution in [1.82, 2.24) is 14.8 Å². The molecule has 1 aromatic carbocycles. The number of aryl methyl sites for hydroxylation is 2. The molecule has 7 nitrogen and oxygen atoms in total. The van der Waals surface area contributed by atoms with Crippen LogP contribution in [0.4, 0.5) is 5.69 Å². The second-order valence-electron chi connectivity index (χ2n) is 8.41. The maximum absolute atomic E-state index is 12.5.